The Kier molecular flexibility index (Phi) is 5.08. The van der Waals surface area contributed by atoms with Crippen molar-refractivity contribution in [3.63, 3.8) is 0 Å². The number of hydrogen-bond donors (Lipinski definition) is 2. The predicted molar refractivity (Wildman–Crippen MR) is 124 cm³/mol. The van der Waals surface area contributed by atoms with Gasteiger partial charge < -0.3 is 19.8 Å². The number of aromatic nitrogens is 2. The Bertz CT molecular complexity index is 1200. The first-order valence-corrected chi connectivity index (χ1v) is 11.9. The normalized spacial score (nSPS) is 21.6. The van der Waals surface area contributed by atoms with Crippen molar-refractivity contribution in [2.45, 2.75) is 63.3 Å². The first kappa shape index (κ1) is 21.1. The van der Waals surface area contributed by atoms with Crippen LogP contribution in [0.4, 0.5) is 5.82 Å². The van der Waals surface area contributed by atoms with Crippen LogP contribution in [0.5, 0.6) is 11.5 Å². The smallest absolute Gasteiger partial charge is 0.257 e. The van der Waals surface area contributed by atoms with Gasteiger partial charge in [0.1, 0.15) is 5.82 Å². The number of carbonyl (C=O) groups excluding carboxylic acids is 1. The maximum atomic E-state index is 13.3. The van der Waals surface area contributed by atoms with E-state index in [0.29, 0.717) is 45.3 Å². The van der Waals surface area contributed by atoms with Crippen molar-refractivity contribution in [1.29, 1.82) is 0 Å². The summed E-state index contributed by atoms with van der Waals surface area (Å²) in [7, 11) is 0. The Balaban J connectivity index is 1.69. The van der Waals surface area contributed by atoms with Gasteiger partial charge in [-0.15, -0.1) is 0 Å². The lowest BCUT2D eigenvalue weighted by atomic mass is 9.69. The van der Waals surface area contributed by atoms with Crippen LogP contribution >= 0.6 is 11.8 Å². The molecule has 3 heterocycles. The van der Waals surface area contributed by atoms with Crippen molar-refractivity contribution in [3.8, 4) is 11.5 Å². The van der Waals surface area contributed by atoms with E-state index in [-0.39, 0.29) is 23.6 Å². The van der Waals surface area contributed by atoms with Gasteiger partial charge in [-0.1, -0.05) is 45.5 Å². The monoisotopic (exact) mass is 453 g/mol. The molecule has 7 nitrogen and oxygen atoms in total. The van der Waals surface area contributed by atoms with Crippen molar-refractivity contribution < 1.29 is 14.3 Å². The molecule has 2 N–H and O–H groups in total. The topological polar surface area (TPSA) is 93.3 Å². The second-order valence-electron chi connectivity index (χ2n) is 9.47. The molecule has 32 heavy (non-hydrogen) atoms. The number of Topliss-reactive ketones (excluding diaryl/α,β-unsaturated/α-hetero) is 1. The lowest BCUT2D eigenvalue weighted by Crippen LogP contribution is -2.37. The van der Waals surface area contributed by atoms with Gasteiger partial charge in [0.15, 0.2) is 22.4 Å². The molecule has 0 radical (unpaired) electrons. The highest BCUT2D eigenvalue weighted by Crippen LogP contribution is 2.49. The second-order valence-corrected chi connectivity index (χ2v) is 10.9. The first-order chi connectivity index (χ1) is 15.3. The number of thioether (sulfide) groups is 1. The van der Waals surface area contributed by atoms with E-state index in [2.05, 4.69) is 38.0 Å². The van der Waals surface area contributed by atoms with E-state index < -0.39 is 5.92 Å². The van der Waals surface area contributed by atoms with Crippen molar-refractivity contribution in [2.24, 2.45) is 5.41 Å². The van der Waals surface area contributed by atoms with Crippen molar-refractivity contribution in [3.05, 3.63) is 50.9 Å². The Morgan fingerprint density at radius 1 is 1.22 bits per heavy atom. The van der Waals surface area contributed by atoms with Crippen LogP contribution in [0.2, 0.25) is 0 Å². The number of carbonyl (C=O) groups is 1. The zero-order valence-corrected chi connectivity index (χ0v) is 19.5. The Morgan fingerprint density at radius 3 is 2.78 bits per heavy atom. The molecule has 1 aromatic carbocycles. The van der Waals surface area contributed by atoms with Gasteiger partial charge in [0.25, 0.3) is 5.56 Å². The molecular weight excluding hydrogens is 426 g/mol. The van der Waals surface area contributed by atoms with E-state index in [1.54, 1.807) is 11.8 Å². The fourth-order valence-corrected chi connectivity index (χ4v) is 5.49. The average molecular weight is 454 g/mol. The molecule has 2 aromatic rings. The molecule has 2 aliphatic heterocycles. The standard InChI is InChI=1S/C24H27N3O4S/c1-5-12(2)32-23-26-21-20(22(29)27-23)18(13-6-7-16-17(8-13)31-11-30-16)19-14(25-21)9-24(3,4)10-15(19)28/h6-8,12,18H,5,9-11H2,1-4H3,(H2,25,26,27,29)/t12-,18-/m0/s1. The summed E-state index contributed by atoms with van der Waals surface area (Å²) in [5.74, 6) is 1.39. The van der Waals surface area contributed by atoms with Gasteiger partial charge in [-0.05, 0) is 36.0 Å². The number of rotatable bonds is 4. The van der Waals surface area contributed by atoms with E-state index in [1.165, 1.54) is 0 Å². The molecule has 1 aromatic heterocycles. The van der Waals surface area contributed by atoms with E-state index in [0.717, 1.165) is 24.1 Å². The molecule has 0 fully saturated rings. The van der Waals surface area contributed by atoms with Crippen molar-refractivity contribution in [1.82, 2.24) is 9.97 Å². The number of H-pyrrole nitrogens is 1. The minimum Gasteiger partial charge on any atom is -0.454 e. The molecule has 3 aliphatic rings. The van der Waals surface area contributed by atoms with Crippen LogP contribution < -0.4 is 20.3 Å². The lowest BCUT2D eigenvalue weighted by molar-refractivity contribution is -0.118. The van der Waals surface area contributed by atoms with Crippen LogP contribution in [-0.2, 0) is 4.79 Å². The van der Waals surface area contributed by atoms with E-state index >= 15 is 0 Å². The fraction of sp³-hybridized carbons (Fsp3) is 0.458. The summed E-state index contributed by atoms with van der Waals surface area (Å²) in [5.41, 5.74) is 2.44. The third kappa shape index (κ3) is 3.60. The number of nitrogens with zero attached hydrogens (tertiary/aromatic N) is 1. The zero-order chi connectivity index (χ0) is 22.6. The molecule has 0 spiro atoms. The number of ether oxygens (including phenoxy) is 2. The van der Waals surface area contributed by atoms with E-state index in [1.807, 2.05) is 18.2 Å². The fourth-order valence-electron chi connectivity index (χ4n) is 4.65. The van der Waals surface area contributed by atoms with Gasteiger partial charge in [0, 0.05) is 28.9 Å². The summed E-state index contributed by atoms with van der Waals surface area (Å²) < 4.78 is 11.0. The summed E-state index contributed by atoms with van der Waals surface area (Å²) >= 11 is 1.55. The number of anilines is 1. The molecule has 1 aliphatic carbocycles. The van der Waals surface area contributed by atoms with Gasteiger partial charge in [-0.3, -0.25) is 9.59 Å². The number of fused-ring (bicyclic) bond motifs is 2. The summed E-state index contributed by atoms with van der Waals surface area (Å²) in [6.45, 7) is 8.57. The lowest BCUT2D eigenvalue weighted by Gasteiger charge is -2.38. The van der Waals surface area contributed by atoms with Crippen LogP contribution in [0.25, 0.3) is 0 Å². The summed E-state index contributed by atoms with van der Waals surface area (Å²) in [6, 6.07) is 5.62. The number of benzene rings is 1. The summed E-state index contributed by atoms with van der Waals surface area (Å²) in [6.07, 6.45) is 2.13. The molecule has 5 rings (SSSR count). The molecule has 0 bridgehead atoms. The molecule has 0 saturated heterocycles. The maximum absolute atomic E-state index is 13.3. The Labute approximate surface area is 191 Å². The average Bonchev–Trinajstić information content (AvgIpc) is 3.19. The minimum absolute atomic E-state index is 0.0644. The Hall–Kier alpha value is -2.74. The molecular formula is C24H27N3O4S. The minimum atomic E-state index is -0.502. The van der Waals surface area contributed by atoms with Crippen molar-refractivity contribution in [2.75, 3.05) is 12.1 Å². The third-order valence-electron chi connectivity index (χ3n) is 6.32. The SMILES string of the molecule is CC[C@H](C)Sc1nc2c(c(=O)[nH]1)[C@@H](c1ccc3c(c1)OCO3)C1=C(CC(C)(C)CC1=O)N2. The largest absolute Gasteiger partial charge is 0.454 e. The van der Waals surface area contributed by atoms with Crippen LogP contribution in [0.1, 0.15) is 64.0 Å². The van der Waals surface area contributed by atoms with Crippen LogP contribution in [0.15, 0.2) is 39.4 Å². The highest BCUT2D eigenvalue weighted by Gasteiger charge is 2.42. The van der Waals surface area contributed by atoms with Gasteiger partial charge in [-0.2, -0.15) is 0 Å². The molecule has 0 saturated carbocycles. The van der Waals surface area contributed by atoms with Crippen LogP contribution in [0, 0.1) is 5.41 Å². The third-order valence-corrected chi connectivity index (χ3v) is 7.47. The van der Waals surface area contributed by atoms with E-state index in [9.17, 15) is 9.59 Å². The highest BCUT2D eigenvalue weighted by molar-refractivity contribution is 7.99. The van der Waals surface area contributed by atoms with Gasteiger partial charge in [-0.25, -0.2) is 4.98 Å². The number of nitrogens with one attached hydrogen (secondary N) is 2. The summed E-state index contributed by atoms with van der Waals surface area (Å²) in [5, 5.41) is 4.28. The molecule has 0 unspecified atom stereocenters. The zero-order valence-electron chi connectivity index (χ0n) is 18.7. The predicted octanol–water partition coefficient (Wildman–Crippen LogP) is 4.59. The number of hydrogen-bond acceptors (Lipinski definition) is 7. The quantitative estimate of drug-likeness (QED) is 0.517. The number of ketones is 1. The molecule has 0 amide bonds. The van der Waals surface area contributed by atoms with Gasteiger partial charge >= 0.3 is 0 Å². The van der Waals surface area contributed by atoms with E-state index in [4.69, 9.17) is 14.5 Å². The number of allylic oxidation sites excluding steroid dienone is 2. The number of aromatic amines is 1. The first-order valence-electron chi connectivity index (χ1n) is 11.0. The Morgan fingerprint density at radius 2 is 2.00 bits per heavy atom. The maximum Gasteiger partial charge on any atom is 0.257 e. The molecule has 8 heteroatoms. The summed E-state index contributed by atoms with van der Waals surface area (Å²) in [4.78, 5) is 34.4. The molecule has 168 valence electrons. The van der Waals surface area contributed by atoms with Crippen LogP contribution in [-0.4, -0.2) is 27.8 Å². The molecule has 2 atom stereocenters. The second kappa shape index (κ2) is 7.69. The van der Waals surface area contributed by atoms with Crippen LogP contribution in [0.3, 0.4) is 0 Å². The van der Waals surface area contributed by atoms with Gasteiger partial charge in [0.05, 0.1) is 5.56 Å². The van der Waals surface area contributed by atoms with Crippen molar-refractivity contribution >= 4 is 23.4 Å². The highest BCUT2D eigenvalue weighted by atomic mass is 32.2. The van der Waals surface area contributed by atoms with Gasteiger partial charge in [0.2, 0.25) is 6.79 Å².